The van der Waals surface area contributed by atoms with Gasteiger partial charge in [0, 0.05) is 12.4 Å². The third-order valence-electron chi connectivity index (χ3n) is 2.96. The molecule has 3 N–H and O–H groups in total. The summed E-state index contributed by atoms with van der Waals surface area (Å²) in [5, 5.41) is 8.87. The molecule has 2 aromatic rings. The van der Waals surface area contributed by atoms with Gasteiger partial charge in [0.15, 0.2) is 0 Å². The number of carboxylic acid groups (broad SMARTS) is 1. The maximum Gasteiger partial charge on any atom is 0.320 e. The van der Waals surface area contributed by atoms with Crippen molar-refractivity contribution in [2.24, 2.45) is 5.73 Å². The van der Waals surface area contributed by atoms with Crippen LogP contribution >= 0.6 is 31.9 Å². The van der Waals surface area contributed by atoms with Gasteiger partial charge in [-0.2, -0.15) is 0 Å². The normalized spacial score (nSPS) is 12.0. The maximum absolute atomic E-state index is 10.8. The minimum Gasteiger partial charge on any atom is -0.487 e. The van der Waals surface area contributed by atoms with E-state index in [0.717, 1.165) is 20.1 Å². The van der Waals surface area contributed by atoms with Crippen LogP contribution in [0.3, 0.4) is 0 Å². The van der Waals surface area contributed by atoms with Crippen LogP contribution in [0.5, 0.6) is 5.75 Å². The highest BCUT2D eigenvalue weighted by atomic mass is 79.9. The van der Waals surface area contributed by atoms with Gasteiger partial charge in [0.1, 0.15) is 18.4 Å². The summed E-state index contributed by atoms with van der Waals surface area (Å²) in [7, 11) is 0. The lowest BCUT2D eigenvalue weighted by Crippen LogP contribution is -2.32. The molecule has 1 unspecified atom stereocenters. The van der Waals surface area contributed by atoms with Crippen LogP contribution in [-0.4, -0.2) is 22.1 Å². The van der Waals surface area contributed by atoms with E-state index < -0.39 is 12.0 Å². The molecule has 0 saturated heterocycles. The maximum atomic E-state index is 10.8. The first-order valence-electron chi connectivity index (χ1n) is 6.45. The Morgan fingerprint density at radius 2 is 1.82 bits per heavy atom. The Morgan fingerprint density at radius 1 is 1.23 bits per heavy atom. The summed E-state index contributed by atoms with van der Waals surface area (Å²) < 4.78 is 7.27. The molecule has 0 fully saturated rings. The number of nitrogens with zero attached hydrogens (tertiary/aromatic N) is 1. The highest BCUT2D eigenvalue weighted by Crippen LogP contribution is 2.35. The molecule has 1 heterocycles. The lowest BCUT2D eigenvalue weighted by atomic mass is 10.1. The lowest BCUT2D eigenvalue weighted by Gasteiger charge is -2.13. The molecule has 2 rings (SSSR count). The predicted molar refractivity (Wildman–Crippen MR) is 89.7 cm³/mol. The standard InChI is InChI=1S/C15H14Br2N2O3/c16-11-5-10(7-13(18)15(20)21)6-12(17)14(11)22-8-9-1-3-19-4-2-9/h1-6,13H,7-8,18H2,(H,20,21). The zero-order valence-electron chi connectivity index (χ0n) is 11.5. The minimum absolute atomic E-state index is 0.247. The number of aliphatic carboxylic acids is 1. The number of nitrogens with two attached hydrogens (primary N) is 1. The average Bonchev–Trinajstić information content (AvgIpc) is 2.47. The summed E-state index contributed by atoms with van der Waals surface area (Å²) in [6, 6.07) is 6.46. The van der Waals surface area contributed by atoms with Crippen LogP contribution in [0.15, 0.2) is 45.6 Å². The molecule has 0 aliphatic heterocycles. The van der Waals surface area contributed by atoms with Crippen molar-refractivity contribution < 1.29 is 14.6 Å². The summed E-state index contributed by atoms with van der Waals surface area (Å²) in [6.45, 7) is 0.410. The molecule has 7 heteroatoms. The molecule has 1 aromatic carbocycles. The highest BCUT2D eigenvalue weighted by molar-refractivity contribution is 9.11. The van der Waals surface area contributed by atoms with Crippen LogP contribution in [0, 0.1) is 0 Å². The van der Waals surface area contributed by atoms with Crippen LogP contribution in [0.1, 0.15) is 11.1 Å². The molecular weight excluding hydrogens is 416 g/mol. The quantitative estimate of drug-likeness (QED) is 0.736. The lowest BCUT2D eigenvalue weighted by molar-refractivity contribution is -0.138. The summed E-state index contributed by atoms with van der Waals surface area (Å²) in [5.74, 6) is -0.366. The average molecular weight is 430 g/mol. The molecule has 0 saturated carbocycles. The molecule has 0 spiro atoms. The molecule has 0 radical (unpaired) electrons. The smallest absolute Gasteiger partial charge is 0.320 e. The second-order valence-corrected chi connectivity index (χ2v) is 6.39. The topological polar surface area (TPSA) is 85.4 Å². The van der Waals surface area contributed by atoms with Crippen LogP contribution in [0.4, 0.5) is 0 Å². The largest absolute Gasteiger partial charge is 0.487 e. The van der Waals surface area contributed by atoms with E-state index in [1.54, 1.807) is 12.4 Å². The van der Waals surface area contributed by atoms with Crippen molar-refractivity contribution in [2.75, 3.05) is 0 Å². The Labute approximate surface area is 144 Å². The fourth-order valence-corrected chi connectivity index (χ4v) is 3.35. The SMILES string of the molecule is NC(Cc1cc(Br)c(OCc2ccncc2)c(Br)c1)C(=O)O. The fourth-order valence-electron chi connectivity index (χ4n) is 1.84. The van der Waals surface area contributed by atoms with Gasteiger partial charge in [0.05, 0.1) is 8.95 Å². The van der Waals surface area contributed by atoms with E-state index in [0.29, 0.717) is 12.4 Å². The van der Waals surface area contributed by atoms with Crippen molar-refractivity contribution in [1.29, 1.82) is 0 Å². The molecule has 1 aromatic heterocycles. The number of aromatic nitrogens is 1. The van der Waals surface area contributed by atoms with Crippen LogP contribution in [-0.2, 0) is 17.8 Å². The van der Waals surface area contributed by atoms with E-state index in [4.69, 9.17) is 15.6 Å². The van der Waals surface area contributed by atoms with Gasteiger partial charge in [-0.15, -0.1) is 0 Å². The number of carbonyl (C=O) groups is 1. The fraction of sp³-hybridized carbons (Fsp3) is 0.200. The number of ether oxygens (including phenoxy) is 1. The van der Waals surface area contributed by atoms with Gasteiger partial charge >= 0.3 is 5.97 Å². The number of benzene rings is 1. The van der Waals surface area contributed by atoms with Gasteiger partial charge in [-0.3, -0.25) is 9.78 Å². The summed E-state index contributed by atoms with van der Waals surface area (Å²) in [5.41, 5.74) is 7.37. The molecule has 0 aliphatic rings. The molecule has 0 aliphatic carbocycles. The number of pyridine rings is 1. The summed E-state index contributed by atoms with van der Waals surface area (Å²) in [4.78, 5) is 14.8. The first-order valence-corrected chi connectivity index (χ1v) is 8.04. The van der Waals surface area contributed by atoms with Gasteiger partial charge < -0.3 is 15.6 Å². The van der Waals surface area contributed by atoms with Crippen LogP contribution in [0.2, 0.25) is 0 Å². The number of rotatable bonds is 6. The molecule has 22 heavy (non-hydrogen) atoms. The molecule has 5 nitrogen and oxygen atoms in total. The van der Waals surface area contributed by atoms with Crippen molar-refractivity contribution in [1.82, 2.24) is 4.98 Å². The number of hydrogen-bond donors (Lipinski definition) is 2. The Balaban J connectivity index is 2.11. The minimum atomic E-state index is -1.02. The Morgan fingerprint density at radius 3 is 2.36 bits per heavy atom. The molecule has 1 atom stereocenters. The van der Waals surface area contributed by atoms with Crippen LogP contribution < -0.4 is 10.5 Å². The Bertz CT molecular complexity index is 642. The third-order valence-corrected chi connectivity index (χ3v) is 4.14. The number of halogens is 2. The second-order valence-electron chi connectivity index (χ2n) is 4.68. The predicted octanol–water partition coefficient (Wildman–Crippen LogP) is 3.14. The van der Waals surface area contributed by atoms with Gasteiger partial charge in [0.2, 0.25) is 0 Å². The number of carboxylic acids is 1. The first kappa shape index (κ1) is 16.9. The van der Waals surface area contributed by atoms with E-state index in [2.05, 4.69) is 36.8 Å². The second kappa shape index (κ2) is 7.71. The van der Waals surface area contributed by atoms with E-state index in [-0.39, 0.29) is 6.42 Å². The Hall–Kier alpha value is -1.44. The van der Waals surface area contributed by atoms with Gasteiger partial charge in [0.25, 0.3) is 0 Å². The van der Waals surface area contributed by atoms with Gasteiger partial charge in [-0.1, -0.05) is 0 Å². The van der Waals surface area contributed by atoms with E-state index in [1.165, 1.54) is 0 Å². The zero-order valence-corrected chi connectivity index (χ0v) is 14.7. The van der Waals surface area contributed by atoms with Crippen molar-refractivity contribution in [3.8, 4) is 5.75 Å². The van der Waals surface area contributed by atoms with Crippen molar-refractivity contribution in [3.63, 3.8) is 0 Å². The molecule has 0 bridgehead atoms. The molecule has 0 amide bonds. The molecule has 116 valence electrons. The number of hydrogen-bond acceptors (Lipinski definition) is 4. The van der Waals surface area contributed by atoms with E-state index >= 15 is 0 Å². The van der Waals surface area contributed by atoms with E-state index in [9.17, 15) is 4.79 Å². The summed E-state index contributed by atoms with van der Waals surface area (Å²) >= 11 is 6.89. The Kier molecular flexibility index (Phi) is 5.93. The van der Waals surface area contributed by atoms with Gasteiger partial charge in [-0.25, -0.2) is 0 Å². The van der Waals surface area contributed by atoms with Crippen molar-refractivity contribution in [2.45, 2.75) is 19.1 Å². The van der Waals surface area contributed by atoms with Crippen LogP contribution in [0.25, 0.3) is 0 Å². The third kappa shape index (κ3) is 4.53. The zero-order chi connectivity index (χ0) is 16.1. The summed E-state index contributed by atoms with van der Waals surface area (Å²) in [6.07, 6.45) is 3.66. The van der Waals surface area contributed by atoms with Gasteiger partial charge in [-0.05, 0) is 73.7 Å². The van der Waals surface area contributed by atoms with Crippen molar-refractivity contribution in [3.05, 3.63) is 56.7 Å². The monoisotopic (exact) mass is 428 g/mol. The molecular formula is C15H14Br2N2O3. The highest BCUT2D eigenvalue weighted by Gasteiger charge is 2.15. The first-order chi connectivity index (χ1) is 10.5. The van der Waals surface area contributed by atoms with Crippen molar-refractivity contribution >= 4 is 37.8 Å². The van der Waals surface area contributed by atoms with E-state index in [1.807, 2.05) is 24.3 Å².